The Morgan fingerprint density at radius 1 is 1.53 bits per heavy atom. The summed E-state index contributed by atoms with van der Waals surface area (Å²) in [6.07, 6.45) is 1.39. The number of aryl methyl sites for hydroxylation is 1. The van der Waals surface area contributed by atoms with Gasteiger partial charge in [0, 0.05) is 18.2 Å². The number of rotatable bonds is 5. The number of hydrogen-bond donors (Lipinski definition) is 1. The second-order valence-electron chi connectivity index (χ2n) is 3.35. The van der Waals surface area contributed by atoms with Crippen molar-refractivity contribution >= 4 is 15.7 Å². The van der Waals surface area contributed by atoms with E-state index in [2.05, 4.69) is 11.3 Å². The molecule has 0 heterocycles. The molecule has 0 aliphatic rings. The van der Waals surface area contributed by atoms with Gasteiger partial charge in [0.25, 0.3) is 5.69 Å². The van der Waals surface area contributed by atoms with Crippen LogP contribution in [0.5, 0.6) is 0 Å². The SMILES string of the molecule is C=CCNS(=O)(=O)c1ccc(C)c([N+](=O)[O-])c1. The van der Waals surface area contributed by atoms with Crippen LogP contribution in [0.1, 0.15) is 5.56 Å². The van der Waals surface area contributed by atoms with Crippen molar-refractivity contribution < 1.29 is 13.3 Å². The highest BCUT2D eigenvalue weighted by Gasteiger charge is 2.18. The number of nitrogens with zero attached hydrogens (tertiary/aromatic N) is 1. The van der Waals surface area contributed by atoms with Crippen LogP contribution in [0.2, 0.25) is 0 Å². The van der Waals surface area contributed by atoms with Crippen LogP contribution < -0.4 is 4.72 Å². The van der Waals surface area contributed by atoms with Gasteiger partial charge in [-0.1, -0.05) is 12.1 Å². The summed E-state index contributed by atoms with van der Waals surface area (Å²) in [5.74, 6) is 0. The smallest absolute Gasteiger partial charge is 0.258 e. The van der Waals surface area contributed by atoms with Crippen LogP contribution in [0, 0.1) is 17.0 Å². The van der Waals surface area contributed by atoms with Crippen molar-refractivity contribution in [1.82, 2.24) is 4.72 Å². The topological polar surface area (TPSA) is 89.3 Å². The van der Waals surface area contributed by atoms with Crippen LogP contribution >= 0.6 is 0 Å². The van der Waals surface area contributed by atoms with E-state index in [0.29, 0.717) is 5.56 Å². The number of nitro benzene ring substituents is 1. The van der Waals surface area contributed by atoms with Gasteiger partial charge in [-0.2, -0.15) is 0 Å². The lowest BCUT2D eigenvalue weighted by Crippen LogP contribution is -2.23. The van der Waals surface area contributed by atoms with Crippen molar-refractivity contribution in [2.75, 3.05) is 6.54 Å². The van der Waals surface area contributed by atoms with Gasteiger partial charge in [-0.15, -0.1) is 6.58 Å². The Hall–Kier alpha value is -1.73. The first-order chi connectivity index (χ1) is 7.88. The predicted molar refractivity (Wildman–Crippen MR) is 63.2 cm³/mol. The molecule has 1 N–H and O–H groups in total. The van der Waals surface area contributed by atoms with Crippen molar-refractivity contribution in [3.63, 3.8) is 0 Å². The van der Waals surface area contributed by atoms with E-state index < -0.39 is 14.9 Å². The fourth-order valence-electron chi connectivity index (χ4n) is 1.21. The van der Waals surface area contributed by atoms with Crippen molar-refractivity contribution in [1.29, 1.82) is 0 Å². The van der Waals surface area contributed by atoms with Crippen LogP contribution in [-0.4, -0.2) is 19.9 Å². The molecule has 0 aliphatic heterocycles. The van der Waals surface area contributed by atoms with Crippen molar-refractivity contribution in [3.8, 4) is 0 Å². The number of sulfonamides is 1. The summed E-state index contributed by atoms with van der Waals surface area (Å²) in [7, 11) is -3.72. The van der Waals surface area contributed by atoms with Crippen LogP contribution in [0.25, 0.3) is 0 Å². The van der Waals surface area contributed by atoms with Gasteiger partial charge < -0.3 is 0 Å². The van der Waals surface area contributed by atoms with Gasteiger partial charge in [-0.05, 0) is 13.0 Å². The molecule has 0 fully saturated rings. The molecule has 0 atom stereocenters. The quantitative estimate of drug-likeness (QED) is 0.489. The maximum absolute atomic E-state index is 11.7. The molecule has 1 rings (SSSR count). The number of nitro groups is 1. The zero-order valence-corrected chi connectivity index (χ0v) is 10.0. The third-order valence-electron chi connectivity index (χ3n) is 2.11. The zero-order valence-electron chi connectivity index (χ0n) is 9.21. The molecule has 6 nitrogen and oxygen atoms in total. The standard InChI is InChI=1S/C10H12N2O4S/c1-3-6-11-17(15,16)9-5-4-8(2)10(7-9)12(13)14/h3-5,7,11H,1,6H2,2H3. The molecule has 0 aromatic heterocycles. The summed E-state index contributed by atoms with van der Waals surface area (Å²) < 4.78 is 25.6. The monoisotopic (exact) mass is 256 g/mol. The first-order valence-electron chi connectivity index (χ1n) is 4.74. The molecule has 0 radical (unpaired) electrons. The molecule has 0 amide bonds. The molecular weight excluding hydrogens is 244 g/mol. The Morgan fingerprint density at radius 3 is 2.71 bits per heavy atom. The summed E-state index contributed by atoms with van der Waals surface area (Å²) in [6, 6.07) is 3.77. The van der Waals surface area contributed by atoms with Gasteiger partial charge >= 0.3 is 0 Å². The van der Waals surface area contributed by atoms with Gasteiger partial charge in [0.15, 0.2) is 0 Å². The van der Waals surface area contributed by atoms with Gasteiger partial charge in [0.1, 0.15) is 0 Å². The Labute approximate surface area is 99.2 Å². The first kappa shape index (κ1) is 13.3. The van der Waals surface area contributed by atoms with E-state index >= 15 is 0 Å². The van der Waals surface area contributed by atoms with Crippen LogP contribution in [0.3, 0.4) is 0 Å². The van der Waals surface area contributed by atoms with Crippen molar-refractivity contribution in [3.05, 3.63) is 46.5 Å². The Bertz CT molecular complexity index is 551. The minimum atomic E-state index is -3.72. The van der Waals surface area contributed by atoms with Gasteiger partial charge in [0.2, 0.25) is 10.0 Å². The summed E-state index contributed by atoms with van der Waals surface area (Å²) in [5, 5.41) is 10.7. The molecule has 17 heavy (non-hydrogen) atoms. The van der Waals surface area contributed by atoms with Crippen LogP contribution in [0.4, 0.5) is 5.69 Å². The zero-order chi connectivity index (χ0) is 13.1. The highest BCUT2D eigenvalue weighted by atomic mass is 32.2. The summed E-state index contributed by atoms with van der Waals surface area (Å²) in [4.78, 5) is 9.95. The molecule has 0 aliphatic carbocycles. The van der Waals surface area contributed by atoms with E-state index in [9.17, 15) is 18.5 Å². The first-order valence-corrected chi connectivity index (χ1v) is 6.22. The lowest BCUT2D eigenvalue weighted by atomic mass is 10.2. The highest BCUT2D eigenvalue weighted by molar-refractivity contribution is 7.89. The fourth-order valence-corrected chi connectivity index (χ4v) is 2.22. The molecule has 1 aromatic rings. The molecular formula is C10H12N2O4S. The highest BCUT2D eigenvalue weighted by Crippen LogP contribution is 2.21. The van der Waals surface area contributed by atoms with Crippen molar-refractivity contribution in [2.24, 2.45) is 0 Å². The average Bonchev–Trinajstić information content (AvgIpc) is 2.26. The average molecular weight is 256 g/mol. The van der Waals surface area contributed by atoms with E-state index in [1.165, 1.54) is 18.2 Å². The van der Waals surface area contributed by atoms with Gasteiger partial charge in [-0.25, -0.2) is 13.1 Å². The van der Waals surface area contributed by atoms with E-state index in [4.69, 9.17) is 0 Å². The van der Waals surface area contributed by atoms with Gasteiger partial charge in [-0.3, -0.25) is 10.1 Å². The van der Waals surface area contributed by atoms with E-state index in [1.807, 2.05) is 0 Å². The fraction of sp³-hybridized carbons (Fsp3) is 0.200. The maximum atomic E-state index is 11.7. The molecule has 1 aromatic carbocycles. The van der Waals surface area contributed by atoms with Crippen LogP contribution in [0.15, 0.2) is 35.7 Å². The molecule has 0 bridgehead atoms. The Kier molecular flexibility index (Phi) is 3.97. The molecule has 0 saturated carbocycles. The predicted octanol–water partition coefficient (Wildman–Crippen LogP) is 1.37. The third kappa shape index (κ3) is 3.11. The molecule has 7 heteroatoms. The molecule has 0 spiro atoms. The number of benzene rings is 1. The van der Waals surface area contributed by atoms with Crippen LogP contribution in [-0.2, 0) is 10.0 Å². The summed E-state index contributed by atoms with van der Waals surface area (Å²) >= 11 is 0. The molecule has 0 saturated heterocycles. The molecule has 92 valence electrons. The summed E-state index contributed by atoms with van der Waals surface area (Å²) in [6.45, 7) is 5.00. The lowest BCUT2D eigenvalue weighted by Gasteiger charge is -2.05. The molecule has 0 unspecified atom stereocenters. The minimum Gasteiger partial charge on any atom is -0.258 e. The normalized spacial score (nSPS) is 11.1. The second-order valence-corrected chi connectivity index (χ2v) is 5.11. The second kappa shape index (κ2) is 5.07. The van der Waals surface area contributed by atoms with E-state index in [0.717, 1.165) is 6.07 Å². The van der Waals surface area contributed by atoms with Gasteiger partial charge in [0.05, 0.1) is 9.82 Å². The minimum absolute atomic E-state index is 0.0734. The van der Waals surface area contributed by atoms with Crippen molar-refractivity contribution in [2.45, 2.75) is 11.8 Å². The Balaban J connectivity index is 3.20. The van der Waals surface area contributed by atoms with E-state index in [-0.39, 0.29) is 17.1 Å². The van der Waals surface area contributed by atoms with E-state index in [1.54, 1.807) is 6.92 Å². The third-order valence-corrected chi connectivity index (χ3v) is 3.53. The number of hydrogen-bond acceptors (Lipinski definition) is 4. The lowest BCUT2D eigenvalue weighted by molar-refractivity contribution is -0.385. The summed E-state index contributed by atoms with van der Waals surface area (Å²) in [5.41, 5.74) is 0.198. The number of nitrogens with one attached hydrogen (secondary N) is 1. The largest absolute Gasteiger partial charge is 0.273 e. The maximum Gasteiger partial charge on any atom is 0.273 e. The Morgan fingerprint density at radius 2 is 2.18 bits per heavy atom.